The van der Waals surface area contributed by atoms with Crippen LogP contribution in [0.2, 0.25) is 0 Å². The fourth-order valence-corrected chi connectivity index (χ4v) is 11.4. The zero-order chi connectivity index (χ0) is 44.8. The molecule has 0 saturated heterocycles. The maximum Gasteiger partial charge on any atom is 0.144 e. The van der Waals surface area contributed by atoms with E-state index in [1.165, 1.54) is 49.7 Å². The van der Waals surface area contributed by atoms with E-state index in [0.29, 0.717) is 0 Å². The van der Waals surface area contributed by atoms with Crippen LogP contribution < -0.4 is 4.90 Å². The first-order valence-electron chi connectivity index (χ1n) is 23.3. The number of hydrogen-bond donors (Lipinski definition) is 0. The van der Waals surface area contributed by atoms with Gasteiger partial charge in [-0.25, -0.2) is 0 Å². The summed E-state index contributed by atoms with van der Waals surface area (Å²) in [4.78, 5) is 2.43. The maximum absolute atomic E-state index is 7.21. The Kier molecular flexibility index (Phi) is 8.50. The average molecular weight is 868 g/mol. The molecule has 0 radical (unpaired) electrons. The number of fused-ring (bicyclic) bond motifs is 10. The van der Waals surface area contributed by atoms with Crippen LogP contribution in [0.3, 0.4) is 0 Å². The molecule has 0 amide bonds. The Hall–Kier alpha value is -8.92. The van der Waals surface area contributed by atoms with Crippen LogP contribution in [0.4, 0.5) is 17.1 Å². The molecule has 1 aliphatic carbocycles. The molecule has 14 rings (SSSR count). The highest BCUT2D eigenvalue weighted by Crippen LogP contribution is 2.58. The molecule has 11 aromatic carbocycles. The van der Waals surface area contributed by atoms with Gasteiger partial charge >= 0.3 is 0 Å². The van der Waals surface area contributed by atoms with Crippen molar-refractivity contribution in [3.05, 3.63) is 271 Å². The molecular formula is C65H41NO2. The molecule has 0 spiro atoms. The van der Waals surface area contributed by atoms with Crippen LogP contribution in [0.1, 0.15) is 22.3 Å². The van der Waals surface area contributed by atoms with Gasteiger partial charge in [-0.2, -0.15) is 0 Å². The smallest absolute Gasteiger partial charge is 0.144 e. The first kappa shape index (κ1) is 38.4. The zero-order valence-electron chi connectivity index (χ0n) is 36.9. The molecule has 0 bridgehead atoms. The van der Waals surface area contributed by atoms with Gasteiger partial charge in [0.25, 0.3) is 0 Å². The van der Waals surface area contributed by atoms with E-state index in [0.717, 1.165) is 77.6 Å². The molecule has 0 saturated carbocycles. The highest BCUT2D eigenvalue weighted by Gasteiger charge is 2.46. The molecule has 3 nitrogen and oxygen atoms in total. The van der Waals surface area contributed by atoms with Gasteiger partial charge in [0.05, 0.1) is 16.5 Å². The quantitative estimate of drug-likeness (QED) is 0.160. The van der Waals surface area contributed by atoms with E-state index in [1.807, 2.05) is 6.07 Å². The van der Waals surface area contributed by atoms with Crippen LogP contribution in [-0.2, 0) is 5.41 Å². The van der Waals surface area contributed by atoms with Gasteiger partial charge in [-0.05, 0) is 115 Å². The molecule has 2 aromatic heterocycles. The van der Waals surface area contributed by atoms with Crippen molar-refractivity contribution in [3.63, 3.8) is 0 Å². The van der Waals surface area contributed by atoms with E-state index in [4.69, 9.17) is 8.83 Å². The van der Waals surface area contributed by atoms with E-state index < -0.39 is 5.41 Å². The molecule has 0 aliphatic heterocycles. The van der Waals surface area contributed by atoms with Gasteiger partial charge < -0.3 is 13.7 Å². The predicted octanol–water partition coefficient (Wildman–Crippen LogP) is 17.8. The van der Waals surface area contributed by atoms with Crippen molar-refractivity contribution in [2.75, 3.05) is 4.90 Å². The summed E-state index contributed by atoms with van der Waals surface area (Å²) in [5.41, 5.74) is 17.7. The van der Waals surface area contributed by atoms with Gasteiger partial charge in [-0.1, -0.05) is 194 Å². The van der Waals surface area contributed by atoms with Gasteiger partial charge in [0.1, 0.15) is 22.3 Å². The third-order valence-electron chi connectivity index (χ3n) is 14.3. The standard InChI is InChI=1S/C65H41NO2/c1-4-17-42(18-5-1)44-33-35-49(36-34-44)66(50-37-38-52-51-25-12-14-27-55(51)65(56(52)40-50,47-21-6-2-7-22-47)48-23-8-3-9-24-48)57-28-16-30-59-62(57)54-41-60-63(53-26-13-15-29-58(53)67-60)61(64(54)68-59)46-32-31-43-19-10-11-20-45(43)39-46/h1-41H. The monoisotopic (exact) mass is 867 g/mol. The van der Waals surface area contributed by atoms with Crippen molar-refractivity contribution in [2.45, 2.75) is 5.41 Å². The predicted molar refractivity (Wildman–Crippen MR) is 281 cm³/mol. The summed E-state index contributed by atoms with van der Waals surface area (Å²) in [6.45, 7) is 0. The van der Waals surface area contributed by atoms with Crippen LogP contribution in [0, 0.1) is 0 Å². The van der Waals surface area contributed by atoms with Gasteiger partial charge in [0.15, 0.2) is 0 Å². The third kappa shape index (κ3) is 5.66. The van der Waals surface area contributed by atoms with Gasteiger partial charge in [0, 0.05) is 33.1 Å². The van der Waals surface area contributed by atoms with Crippen LogP contribution in [-0.4, -0.2) is 0 Å². The van der Waals surface area contributed by atoms with E-state index >= 15 is 0 Å². The van der Waals surface area contributed by atoms with Gasteiger partial charge in [-0.15, -0.1) is 0 Å². The minimum absolute atomic E-state index is 0.566. The molecule has 68 heavy (non-hydrogen) atoms. The number of para-hydroxylation sites is 1. The molecule has 0 N–H and O–H groups in total. The Bertz CT molecular complexity index is 4030. The summed E-state index contributed by atoms with van der Waals surface area (Å²) >= 11 is 0. The molecule has 0 fully saturated rings. The number of nitrogens with zero attached hydrogens (tertiary/aromatic N) is 1. The van der Waals surface area contributed by atoms with Crippen molar-refractivity contribution in [3.8, 4) is 33.4 Å². The van der Waals surface area contributed by atoms with E-state index in [-0.39, 0.29) is 0 Å². The summed E-state index contributed by atoms with van der Waals surface area (Å²) < 4.78 is 14.0. The van der Waals surface area contributed by atoms with Crippen molar-refractivity contribution < 1.29 is 8.83 Å². The molecule has 318 valence electrons. The second kappa shape index (κ2) is 15.1. The van der Waals surface area contributed by atoms with Crippen molar-refractivity contribution in [2.24, 2.45) is 0 Å². The summed E-state index contributed by atoms with van der Waals surface area (Å²) in [6.07, 6.45) is 0. The second-order valence-electron chi connectivity index (χ2n) is 17.9. The fraction of sp³-hybridized carbons (Fsp3) is 0.0154. The SMILES string of the molecule is c1ccc(-c2ccc(N(c3ccc4c(c3)C(c3ccccc3)(c3ccccc3)c3ccccc3-4)c3cccc4oc5c(-c6ccc7ccccc7c6)c6c(cc5c34)oc3ccccc36)cc2)cc1. The molecular weight excluding hydrogens is 827 g/mol. The first-order valence-corrected chi connectivity index (χ1v) is 23.3. The lowest BCUT2D eigenvalue weighted by molar-refractivity contribution is 0.664. The zero-order valence-corrected chi connectivity index (χ0v) is 36.9. The highest BCUT2D eigenvalue weighted by molar-refractivity contribution is 6.26. The highest BCUT2D eigenvalue weighted by atomic mass is 16.3. The maximum atomic E-state index is 7.21. The number of anilines is 3. The summed E-state index contributed by atoms with van der Waals surface area (Å²) in [7, 11) is 0. The van der Waals surface area contributed by atoms with Crippen molar-refractivity contribution >= 4 is 71.7 Å². The second-order valence-corrected chi connectivity index (χ2v) is 17.9. The summed E-state index contributed by atoms with van der Waals surface area (Å²) in [5, 5.41) is 6.48. The normalized spacial score (nSPS) is 12.8. The molecule has 0 unspecified atom stereocenters. The van der Waals surface area contributed by atoms with Crippen LogP contribution in [0.15, 0.2) is 258 Å². The summed E-state index contributed by atoms with van der Waals surface area (Å²) in [5.74, 6) is 0. The fourth-order valence-electron chi connectivity index (χ4n) is 11.4. The van der Waals surface area contributed by atoms with E-state index in [2.05, 4.69) is 248 Å². The number of benzene rings is 11. The Morgan fingerprint density at radius 1 is 0.338 bits per heavy atom. The number of rotatable bonds is 7. The molecule has 3 heteroatoms. The van der Waals surface area contributed by atoms with Crippen LogP contribution in [0.5, 0.6) is 0 Å². The number of hydrogen-bond acceptors (Lipinski definition) is 3. The van der Waals surface area contributed by atoms with E-state index in [9.17, 15) is 0 Å². The van der Waals surface area contributed by atoms with Crippen LogP contribution in [0.25, 0.3) is 88.0 Å². The molecule has 1 aliphatic rings. The lowest BCUT2D eigenvalue weighted by Crippen LogP contribution is -2.28. The lowest BCUT2D eigenvalue weighted by atomic mass is 9.67. The minimum Gasteiger partial charge on any atom is -0.456 e. The van der Waals surface area contributed by atoms with Gasteiger partial charge in [0.2, 0.25) is 0 Å². The summed E-state index contributed by atoms with van der Waals surface area (Å²) in [6, 6.07) is 89.9. The lowest BCUT2D eigenvalue weighted by Gasteiger charge is -2.35. The largest absolute Gasteiger partial charge is 0.456 e. The topological polar surface area (TPSA) is 29.5 Å². The van der Waals surface area contributed by atoms with Crippen molar-refractivity contribution in [1.29, 1.82) is 0 Å². The van der Waals surface area contributed by atoms with Gasteiger partial charge in [-0.3, -0.25) is 0 Å². The Morgan fingerprint density at radius 3 is 1.75 bits per heavy atom. The third-order valence-corrected chi connectivity index (χ3v) is 14.3. The molecule has 13 aromatic rings. The Morgan fingerprint density at radius 2 is 0.956 bits per heavy atom. The number of furan rings is 2. The Balaban J connectivity index is 1.06. The van der Waals surface area contributed by atoms with Crippen molar-refractivity contribution in [1.82, 2.24) is 0 Å². The first-order chi connectivity index (χ1) is 33.7. The average Bonchev–Trinajstić information content (AvgIpc) is 4.07. The molecule has 0 atom stereocenters. The van der Waals surface area contributed by atoms with E-state index in [1.54, 1.807) is 0 Å². The molecule has 2 heterocycles. The Labute approximate surface area is 393 Å². The van der Waals surface area contributed by atoms with Crippen LogP contribution >= 0.6 is 0 Å². The minimum atomic E-state index is -0.566.